The maximum atomic E-state index is 13.1. The summed E-state index contributed by atoms with van der Waals surface area (Å²) in [7, 11) is 0. The van der Waals surface area contributed by atoms with Crippen molar-refractivity contribution in [1.82, 2.24) is 10.2 Å². The predicted octanol–water partition coefficient (Wildman–Crippen LogP) is 2.00. The van der Waals surface area contributed by atoms with Crippen molar-refractivity contribution in [2.75, 3.05) is 5.32 Å². The van der Waals surface area contributed by atoms with Gasteiger partial charge in [0.15, 0.2) is 0 Å². The second kappa shape index (κ2) is 4.65. The Balaban J connectivity index is 1.90. The van der Waals surface area contributed by atoms with E-state index < -0.39 is 6.17 Å². The first-order valence-corrected chi connectivity index (χ1v) is 5.85. The molecular formula is C9H12FN3OS. The van der Waals surface area contributed by atoms with Crippen LogP contribution in [0.3, 0.4) is 0 Å². The number of alkyl halides is 1. The van der Waals surface area contributed by atoms with Gasteiger partial charge in [-0.15, -0.1) is 10.2 Å². The minimum absolute atomic E-state index is 0.130. The van der Waals surface area contributed by atoms with Gasteiger partial charge >= 0.3 is 0 Å². The number of carbonyl (C=O) groups excluding carboxylic acids is 1. The third-order valence-corrected chi connectivity index (χ3v) is 3.18. The summed E-state index contributed by atoms with van der Waals surface area (Å²) < 4.78 is 13.1. The predicted molar refractivity (Wildman–Crippen MR) is 55.4 cm³/mol. The van der Waals surface area contributed by atoms with Crippen molar-refractivity contribution in [3.8, 4) is 0 Å². The molecular weight excluding hydrogens is 217 g/mol. The van der Waals surface area contributed by atoms with Crippen LogP contribution in [0, 0.1) is 5.92 Å². The Bertz CT molecular complexity index is 330. The van der Waals surface area contributed by atoms with Crippen LogP contribution in [0.25, 0.3) is 0 Å². The van der Waals surface area contributed by atoms with Crippen molar-refractivity contribution < 1.29 is 9.18 Å². The minimum atomic E-state index is -0.830. The van der Waals surface area contributed by atoms with Crippen molar-refractivity contribution in [3.63, 3.8) is 0 Å². The lowest BCUT2D eigenvalue weighted by molar-refractivity contribution is -0.121. The van der Waals surface area contributed by atoms with Crippen LogP contribution < -0.4 is 5.32 Å². The molecule has 0 aliphatic heterocycles. The molecule has 1 aromatic rings. The first-order chi connectivity index (χ1) is 7.25. The lowest BCUT2D eigenvalue weighted by Gasteiger charge is -2.22. The van der Waals surface area contributed by atoms with E-state index in [9.17, 15) is 9.18 Å². The lowest BCUT2D eigenvalue weighted by Crippen LogP contribution is -2.28. The highest BCUT2D eigenvalue weighted by molar-refractivity contribution is 7.13. The molecule has 2 rings (SSSR count). The summed E-state index contributed by atoms with van der Waals surface area (Å²) >= 11 is 1.27. The number of amides is 1. The van der Waals surface area contributed by atoms with E-state index in [0.717, 1.165) is 12.8 Å². The average Bonchev–Trinajstić information content (AvgIpc) is 2.70. The fraction of sp³-hybridized carbons (Fsp3) is 0.667. The Morgan fingerprint density at radius 2 is 2.47 bits per heavy atom. The number of anilines is 1. The Morgan fingerprint density at radius 1 is 1.60 bits per heavy atom. The SMILES string of the molecule is O=C(Nc1nncs1)C1CCCC(F)C1. The zero-order chi connectivity index (χ0) is 10.7. The van der Waals surface area contributed by atoms with E-state index in [1.165, 1.54) is 11.3 Å². The minimum Gasteiger partial charge on any atom is -0.300 e. The molecule has 0 spiro atoms. The maximum absolute atomic E-state index is 13.1. The summed E-state index contributed by atoms with van der Waals surface area (Å²) in [6.45, 7) is 0. The van der Waals surface area contributed by atoms with Crippen LogP contribution in [0.4, 0.5) is 9.52 Å². The molecule has 4 nitrogen and oxygen atoms in total. The topological polar surface area (TPSA) is 54.9 Å². The van der Waals surface area contributed by atoms with Gasteiger partial charge in [-0.05, 0) is 25.7 Å². The highest BCUT2D eigenvalue weighted by Gasteiger charge is 2.27. The number of nitrogens with one attached hydrogen (secondary N) is 1. The van der Waals surface area contributed by atoms with E-state index in [0.29, 0.717) is 18.0 Å². The third kappa shape index (κ3) is 2.71. The van der Waals surface area contributed by atoms with E-state index in [2.05, 4.69) is 15.5 Å². The summed E-state index contributed by atoms with van der Waals surface area (Å²) in [5.41, 5.74) is 1.55. The van der Waals surface area contributed by atoms with Crippen LogP contribution in [0.1, 0.15) is 25.7 Å². The molecule has 6 heteroatoms. The Kier molecular flexibility index (Phi) is 3.25. The Labute approximate surface area is 90.9 Å². The van der Waals surface area contributed by atoms with Gasteiger partial charge in [0.05, 0.1) is 0 Å². The molecule has 82 valence electrons. The van der Waals surface area contributed by atoms with Gasteiger partial charge < -0.3 is 5.32 Å². The van der Waals surface area contributed by atoms with E-state index in [4.69, 9.17) is 0 Å². The molecule has 0 aromatic carbocycles. The number of aromatic nitrogens is 2. The van der Waals surface area contributed by atoms with Crippen LogP contribution >= 0.6 is 11.3 Å². The molecule has 1 aliphatic carbocycles. The zero-order valence-corrected chi connectivity index (χ0v) is 8.97. The fourth-order valence-corrected chi connectivity index (χ4v) is 2.25. The second-order valence-electron chi connectivity index (χ2n) is 3.69. The van der Waals surface area contributed by atoms with Crippen molar-refractivity contribution in [3.05, 3.63) is 5.51 Å². The van der Waals surface area contributed by atoms with Crippen LogP contribution in [0.5, 0.6) is 0 Å². The Morgan fingerprint density at radius 3 is 3.13 bits per heavy atom. The first kappa shape index (κ1) is 10.5. The van der Waals surface area contributed by atoms with Crippen LogP contribution in [-0.4, -0.2) is 22.3 Å². The Hall–Kier alpha value is -1.04. The van der Waals surface area contributed by atoms with Gasteiger partial charge in [-0.2, -0.15) is 0 Å². The van der Waals surface area contributed by atoms with Gasteiger partial charge in [0.25, 0.3) is 0 Å². The molecule has 0 bridgehead atoms. The van der Waals surface area contributed by atoms with Gasteiger partial charge in [0.2, 0.25) is 11.0 Å². The molecule has 1 fully saturated rings. The number of rotatable bonds is 2. The standard InChI is InChI=1S/C9H12FN3OS/c10-7-3-1-2-6(4-7)8(14)12-9-13-11-5-15-9/h5-7H,1-4H2,(H,12,13,14). The summed E-state index contributed by atoms with van der Waals surface area (Å²) in [6, 6.07) is 0. The largest absolute Gasteiger partial charge is 0.300 e. The third-order valence-electron chi connectivity index (χ3n) is 2.57. The normalized spacial score (nSPS) is 26.2. The van der Waals surface area contributed by atoms with E-state index in [-0.39, 0.29) is 11.8 Å². The molecule has 1 N–H and O–H groups in total. The highest BCUT2D eigenvalue weighted by atomic mass is 32.1. The highest BCUT2D eigenvalue weighted by Crippen LogP contribution is 2.27. The van der Waals surface area contributed by atoms with Crippen molar-refractivity contribution in [1.29, 1.82) is 0 Å². The molecule has 2 unspecified atom stereocenters. The molecule has 0 saturated heterocycles. The molecule has 1 saturated carbocycles. The first-order valence-electron chi connectivity index (χ1n) is 4.97. The van der Waals surface area contributed by atoms with Crippen molar-refractivity contribution >= 4 is 22.4 Å². The number of hydrogen-bond acceptors (Lipinski definition) is 4. The van der Waals surface area contributed by atoms with Gasteiger partial charge in [0, 0.05) is 5.92 Å². The van der Waals surface area contributed by atoms with E-state index in [1.807, 2.05) is 0 Å². The molecule has 15 heavy (non-hydrogen) atoms. The molecule has 2 atom stereocenters. The number of hydrogen-bond donors (Lipinski definition) is 1. The monoisotopic (exact) mass is 229 g/mol. The summed E-state index contributed by atoms with van der Waals surface area (Å²) in [4.78, 5) is 11.7. The van der Waals surface area contributed by atoms with Crippen molar-refractivity contribution in [2.24, 2.45) is 5.92 Å². The number of carbonyl (C=O) groups is 1. The van der Waals surface area contributed by atoms with E-state index >= 15 is 0 Å². The summed E-state index contributed by atoms with van der Waals surface area (Å²) in [5, 5.41) is 10.5. The van der Waals surface area contributed by atoms with Crippen LogP contribution in [0.15, 0.2) is 5.51 Å². The molecule has 1 aliphatic rings. The quantitative estimate of drug-likeness (QED) is 0.844. The molecule has 1 amide bonds. The summed E-state index contributed by atoms with van der Waals surface area (Å²) in [5.74, 6) is -0.341. The maximum Gasteiger partial charge on any atom is 0.229 e. The molecule has 0 radical (unpaired) electrons. The van der Waals surface area contributed by atoms with Gasteiger partial charge in [-0.1, -0.05) is 11.3 Å². The zero-order valence-electron chi connectivity index (χ0n) is 8.15. The number of halogens is 1. The van der Waals surface area contributed by atoms with E-state index in [1.54, 1.807) is 5.51 Å². The second-order valence-corrected chi connectivity index (χ2v) is 4.53. The fourth-order valence-electron chi connectivity index (χ4n) is 1.80. The van der Waals surface area contributed by atoms with Gasteiger partial charge in [-0.25, -0.2) is 4.39 Å². The molecule has 1 heterocycles. The lowest BCUT2D eigenvalue weighted by atomic mass is 9.87. The van der Waals surface area contributed by atoms with Crippen LogP contribution in [-0.2, 0) is 4.79 Å². The van der Waals surface area contributed by atoms with Crippen LogP contribution in [0.2, 0.25) is 0 Å². The van der Waals surface area contributed by atoms with Gasteiger partial charge in [-0.3, -0.25) is 4.79 Å². The van der Waals surface area contributed by atoms with Crippen molar-refractivity contribution in [2.45, 2.75) is 31.9 Å². The smallest absolute Gasteiger partial charge is 0.229 e. The molecule has 1 aromatic heterocycles. The summed E-state index contributed by atoms with van der Waals surface area (Å²) in [6.07, 6.45) is 1.65. The number of nitrogens with zero attached hydrogens (tertiary/aromatic N) is 2. The average molecular weight is 229 g/mol. The van der Waals surface area contributed by atoms with Gasteiger partial charge in [0.1, 0.15) is 11.7 Å².